The summed E-state index contributed by atoms with van der Waals surface area (Å²) in [7, 11) is 0. The van der Waals surface area contributed by atoms with Gasteiger partial charge in [-0.25, -0.2) is 4.98 Å². The van der Waals surface area contributed by atoms with Crippen LogP contribution in [0.15, 0.2) is 5.38 Å². The van der Waals surface area contributed by atoms with Crippen LogP contribution in [0.5, 0.6) is 0 Å². The van der Waals surface area contributed by atoms with E-state index in [4.69, 9.17) is 0 Å². The summed E-state index contributed by atoms with van der Waals surface area (Å²) >= 11 is 1.61. The van der Waals surface area contributed by atoms with E-state index in [2.05, 4.69) is 17.2 Å². The van der Waals surface area contributed by atoms with E-state index < -0.39 is 0 Å². The van der Waals surface area contributed by atoms with Crippen LogP contribution in [0.25, 0.3) is 0 Å². The molecule has 0 unspecified atom stereocenters. The number of Topliss-reactive ketones (excluding diaryl/α,β-unsaturated/α-hetero) is 1. The van der Waals surface area contributed by atoms with Crippen LogP contribution < -0.4 is 5.32 Å². The van der Waals surface area contributed by atoms with Gasteiger partial charge in [-0.3, -0.25) is 4.79 Å². The summed E-state index contributed by atoms with van der Waals surface area (Å²) in [6.07, 6.45) is 4.62. The second-order valence-corrected chi connectivity index (χ2v) is 6.21. The minimum Gasteiger partial charge on any atom is -0.317 e. The summed E-state index contributed by atoms with van der Waals surface area (Å²) in [5, 5.41) is 6.36. The van der Waals surface area contributed by atoms with Crippen molar-refractivity contribution in [1.82, 2.24) is 10.3 Å². The number of piperidine rings is 1. The molecule has 18 heavy (non-hydrogen) atoms. The summed E-state index contributed by atoms with van der Waals surface area (Å²) in [6, 6.07) is 0. The molecular weight excluding hydrogens is 244 g/mol. The molecule has 0 aliphatic carbocycles. The number of aromatic nitrogens is 1. The molecule has 0 saturated carbocycles. The molecule has 1 aliphatic heterocycles. The Bertz CT molecular complexity index is 402. The van der Waals surface area contributed by atoms with Crippen molar-refractivity contribution in [2.24, 2.45) is 5.41 Å². The van der Waals surface area contributed by atoms with Crippen molar-refractivity contribution in [3.8, 4) is 0 Å². The molecule has 0 atom stereocenters. The van der Waals surface area contributed by atoms with Crippen LogP contribution in [-0.4, -0.2) is 23.9 Å². The fourth-order valence-corrected chi connectivity index (χ4v) is 3.63. The largest absolute Gasteiger partial charge is 0.317 e. The number of nitrogens with one attached hydrogen (secondary N) is 1. The third-order valence-electron chi connectivity index (χ3n) is 3.86. The smallest absolute Gasteiger partial charge is 0.145 e. The van der Waals surface area contributed by atoms with E-state index in [1.54, 1.807) is 11.3 Å². The van der Waals surface area contributed by atoms with Gasteiger partial charge in [0, 0.05) is 16.5 Å². The van der Waals surface area contributed by atoms with Crippen molar-refractivity contribution in [2.75, 3.05) is 13.1 Å². The zero-order valence-electron chi connectivity index (χ0n) is 11.3. The Morgan fingerprint density at radius 1 is 1.50 bits per heavy atom. The van der Waals surface area contributed by atoms with E-state index in [1.807, 2.05) is 12.3 Å². The van der Waals surface area contributed by atoms with Gasteiger partial charge in [-0.2, -0.15) is 0 Å². The Hall–Kier alpha value is -0.740. The van der Waals surface area contributed by atoms with Gasteiger partial charge in [0.15, 0.2) is 0 Å². The Balaban J connectivity index is 2.08. The van der Waals surface area contributed by atoms with Gasteiger partial charge < -0.3 is 5.32 Å². The highest BCUT2D eigenvalue weighted by molar-refractivity contribution is 7.09. The highest BCUT2D eigenvalue weighted by Crippen LogP contribution is 2.36. The van der Waals surface area contributed by atoms with Gasteiger partial charge in [-0.1, -0.05) is 13.3 Å². The monoisotopic (exact) mass is 266 g/mol. The number of hydrogen-bond acceptors (Lipinski definition) is 4. The second kappa shape index (κ2) is 5.93. The number of nitrogens with zero attached hydrogens (tertiary/aromatic N) is 1. The molecule has 1 N–H and O–H groups in total. The van der Waals surface area contributed by atoms with Crippen LogP contribution in [0.3, 0.4) is 0 Å². The second-order valence-electron chi connectivity index (χ2n) is 5.26. The normalized spacial score (nSPS) is 18.8. The van der Waals surface area contributed by atoms with Crippen molar-refractivity contribution in [3.05, 3.63) is 16.1 Å². The van der Waals surface area contributed by atoms with Gasteiger partial charge >= 0.3 is 0 Å². The molecule has 3 nitrogen and oxygen atoms in total. The molecule has 0 amide bonds. The van der Waals surface area contributed by atoms with Crippen LogP contribution in [0.2, 0.25) is 0 Å². The third-order valence-corrected chi connectivity index (χ3v) is 4.83. The summed E-state index contributed by atoms with van der Waals surface area (Å²) in [5.74, 6) is 0.403. The lowest BCUT2D eigenvalue weighted by molar-refractivity contribution is -0.130. The van der Waals surface area contributed by atoms with E-state index in [9.17, 15) is 4.79 Å². The van der Waals surface area contributed by atoms with Crippen molar-refractivity contribution < 1.29 is 4.79 Å². The quantitative estimate of drug-likeness (QED) is 0.891. The summed E-state index contributed by atoms with van der Waals surface area (Å²) in [6.45, 7) is 6.10. The van der Waals surface area contributed by atoms with Crippen molar-refractivity contribution in [2.45, 2.75) is 46.0 Å². The summed E-state index contributed by atoms with van der Waals surface area (Å²) < 4.78 is 0. The van der Waals surface area contributed by atoms with Crippen molar-refractivity contribution in [3.63, 3.8) is 0 Å². The zero-order valence-corrected chi connectivity index (χ0v) is 12.1. The average molecular weight is 266 g/mol. The lowest BCUT2D eigenvalue weighted by Crippen LogP contribution is -2.42. The first-order valence-corrected chi connectivity index (χ1v) is 7.69. The molecular formula is C14H22N2OS. The molecule has 2 rings (SSSR count). The van der Waals surface area contributed by atoms with Crippen LogP contribution >= 0.6 is 11.3 Å². The molecule has 1 aromatic heterocycles. The topological polar surface area (TPSA) is 42.0 Å². The van der Waals surface area contributed by atoms with Gasteiger partial charge in [0.25, 0.3) is 0 Å². The van der Waals surface area contributed by atoms with E-state index >= 15 is 0 Å². The number of rotatable bonds is 5. The maximum atomic E-state index is 12.6. The van der Waals surface area contributed by atoms with Gasteiger partial charge in [0.1, 0.15) is 10.8 Å². The van der Waals surface area contributed by atoms with Gasteiger partial charge in [-0.05, 0) is 39.3 Å². The standard InChI is InChI=1S/C14H22N2OS/c1-3-4-14(5-7-15-8-6-14)12(17)9-13-16-11(2)10-18-13/h10,15H,3-9H2,1-2H3. The summed E-state index contributed by atoms with van der Waals surface area (Å²) in [4.78, 5) is 17.0. The number of aryl methyl sites for hydroxylation is 1. The first kappa shape index (κ1) is 13.7. The number of ketones is 1. The fourth-order valence-electron chi connectivity index (χ4n) is 2.86. The zero-order chi connectivity index (χ0) is 13.0. The van der Waals surface area contributed by atoms with E-state index in [0.717, 1.165) is 49.5 Å². The predicted octanol–water partition coefficient (Wildman–Crippen LogP) is 2.73. The van der Waals surface area contributed by atoms with Crippen LogP contribution in [-0.2, 0) is 11.2 Å². The number of carbonyl (C=O) groups is 1. The molecule has 2 heterocycles. The average Bonchev–Trinajstić information content (AvgIpc) is 2.76. The molecule has 0 spiro atoms. The first-order valence-electron chi connectivity index (χ1n) is 6.81. The number of thiazole rings is 1. The summed E-state index contributed by atoms with van der Waals surface area (Å²) in [5.41, 5.74) is 0.942. The van der Waals surface area contributed by atoms with Crippen LogP contribution in [0.1, 0.15) is 43.3 Å². The molecule has 1 aromatic rings. The highest BCUT2D eigenvalue weighted by atomic mass is 32.1. The number of carbonyl (C=O) groups excluding carboxylic acids is 1. The molecule has 0 aromatic carbocycles. The molecule has 100 valence electrons. The number of hydrogen-bond donors (Lipinski definition) is 1. The maximum absolute atomic E-state index is 12.6. The predicted molar refractivity (Wildman–Crippen MR) is 75.0 cm³/mol. The first-order chi connectivity index (χ1) is 8.66. The molecule has 4 heteroatoms. The van der Waals surface area contributed by atoms with Crippen molar-refractivity contribution >= 4 is 17.1 Å². The van der Waals surface area contributed by atoms with Gasteiger partial charge in [0.2, 0.25) is 0 Å². The van der Waals surface area contributed by atoms with Crippen LogP contribution in [0, 0.1) is 12.3 Å². The lowest BCUT2D eigenvalue weighted by atomic mass is 9.71. The molecule has 1 fully saturated rings. The molecule has 0 bridgehead atoms. The Morgan fingerprint density at radius 3 is 2.78 bits per heavy atom. The third kappa shape index (κ3) is 2.98. The molecule has 1 saturated heterocycles. The maximum Gasteiger partial charge on any atom is 0.145 e. The van der Waals surface area contributed by atoms with E-state index in [-0.39, 0.29) is 5.41 Å². The van der Waals surface area contributed by atoms with Crippen molar-refractivity contribution in [1.29, 1.82) is 0 Å². The lowest BCUT2D eigenvalue weighted by Gasteiger charge is -2.36. The minimum atomic E-state index is -0.0838. The Kier molecular flexibility index (Phi) is 4.51. The van der Waals surface area contributed by atoms with E-state index in [1.165, 1.54) is 0 Å². The molecule has 1 aliphatic rings. The Labute approximate surface area is 113 Å². The highest BCUT2D eigenvalue weighted by Gasteiger charge is 2.38. The Morgan fingerprint density at radius 2 is 2.22 bits per heavy atom. The van der Waals surface area contributed by atoms with Gasteiger partial charge in [-0.15, -0.1) is 11.3 Å². The van der Waals surface area contributed by atoms with Crippen LogP contribution in [0.4, 0.5) is 0 Å². The minimum absolute atomic E-state index is 0.0838. The molecule has 0 radical (unpaired) electrons. The SMILES string of the molecule is CCCC1(C(=O)Cc2nc(C)cs2)CCNCC1. The van der Waals surface area contributed by atoms with Gasteiger partial charge in [0.05, 0.1) is 6.42 Å². The van der Waals surface area contributed by atoms with E-state index in [0.29, 0.717) is 12.2 Å². The fraction of sp³-hybridized carbons (Fsp3) is 0.714.